The molecule has 108 valence electrons. The first-order valence-electron chi connectivity index (χ1n) is 6.23. The molecule has 0 aliphatic rings. The third kappa shape index (κ3) is 3.76. The van der Waals surface area contributed by atoms with Crippen LogP contribution in [0.5, 0.6) is 5.75 Å². The number of methoxy groups -OCH3 is 1. The molecule has 20 heavy (non-hydrogen) atoms. The molecular formula is C14H15F3N2O. The molecule has 0 radical (unpaired) electrons. The smallest absolute Gasteiger partial charge is 0.389 e. The van der Waals surface area contributed by atoms with Gasteiger partial charge in [-0.2, -0.15) is 13.2 Å². The van der Waals surface area contributed by atoms with Gasteiger partial charge in [0.2, 0.25) is 0 Å². The zero-order valence-electron chi connectivity index (χ0n) is 11.0. The van der Waals surface area contributed by atoms with Crippen LogP contribution in [0.2, 0.25) is 0 Å². The molecule has 0 aliphatic carbocycles. The molecular weight excluding hydrogens is 269 g/mol. The molecule has 0 atom stereocenters. The minimum Gasteiger partial charge on any atom is -0.497 e. The molecule has 0 spiro atoms. The molecule has 2 rings (SSSR count). The second-order valence-corrected chi connectivity index (χ2v) is 4.39. The Labute approximate surface area is 114 Å². The lowest BCUT2D eigenvalue weighted by Crippen LogP contribution is -2.11. The normalized spacial score (nSPS) is 11.6. The van der Waals surface area contributed by atoms with E-state index in [9.17, 15) is 13.2 Å². The molecule has 0 fully saturated rings. The van der Waals surface area contributed by atoms with Crippen LogP contribution in [0.15, 0.2) is 30.5 Å². The third-order valence-corrected chi connectivity index (χ3v) is 2.90. The van der Waals surface area contributed by atoms with Crippen molar-refractivity contribution >= 4 is 16.6 Å². The van der Waals surface area contributed by atoms with Crippen molar-refractivity contribution in [3.05, 3.63) is 30.5 Å². The van der Waals surface area contributed by atoms with Gasteiger partial charge in [0.05, 0.1) is 7.11 Å². The van der Waals surface area contributed by atoms with Crippen LogP contribution in [0.3, 0.4) is 0 Å². The van der Waals surface area contributed by atoms with Gasteiger partial charge in [-0.15, -0.1) is 0 Å². The highest BCUT2D eigenvalue weighted by Crippen LogP contribution is 2.26. The monoisotopic (exact) mass is 284 g/mol. The first-order valence-corrected chi connectivity index (χ1v) is 6.23. The molecule has 6 heteroatoms. The van der Waals surface area contributed by atoms with E-state index in [-0.39, 0.29) is 13.0 Å². The first-order chi connectivity index (χ1) is 9.49. The Bertz CT molecular complexity index is 584. The third-order valence-electron chi connectivity index (χ3n) is 2.90. The van der Waals surface area contributed by atoms with Crippen LogP contribution in [-0.2, 0) is 0 Å². The van der Waals surface area contributed by atoms with Crippen molar-refractivity contribution in [3.63, 3.8) is 0 Å². The van der Waals surface area contributed by atoms with Gasteiger partial charge in [0, 0.05) is 24.5 Å². The summed E-state index contributed by atoms with van der Waals surface area (Å²) < 4.78 is 41.4. The van der Waals surface area contributed by atoms with Crippen molar-refractivity contribution in [2.24, 2.45) is 0 Å². The maximum absolute atomic E-state index is 12.1. The first kappa shape index (κ1) is 14.4. The van der Waals surface area contributed by atoms with Gasteiger partial charge in [-0.05, 0) is 30.0 Å². The Balaban J connectivity index is 2.09. The average molecular weight is 284 g/mol. The Kier molecular flexibility index (Phi) is 4.32. The van der Waals surface area contributed by atoms with Gasteiger partial charge in [0.25, 0.3) is 0 Å². The van der Waals surface area contributed by atoms with E-state index in [4.69, 9.17) is 4.74 Å². The molecule has 1 heterocycles. The summed E-state index contributed by atoms with van der Waals surface area (Å²) in [5.74, 6) is 1.26. The van der Waals surface area contributed by atoms with Crippen LogP contribution >= 0.6 is 0 Å². The molecule has 1 aromatic heterocycles. The molecule has 0 saturated carbocycles. The lowest BCUT2D eigenvalue weighted by molar-refractivity contribution is -0.134. The number of benzene rings is 1. The van der Waals surface area contributed by atoms with Crippen molar-refractivity contribution in [1.82, 2.24) is 4.98 Å². The van der Waals surface area contributed by atoms with E-state index in [1.807, 2.05) is 24.3 Å². The van der Waals surface area contributed by atoms with Crippen molar-refractivity contribution in [2.45, 2.75) is 19.0 Å². The topological polar surface area (TPSA) is 34.1 Å². The quantitative estimate of drug-likeness (QED) is 0.843. The highest BCUT2D eigenvalue weighted by atomic mass is 19.4. The van der Waals surface area contributed by atoms with Crippen molar-refractivity contribution < 1.29 is 17.9 Å². The van der Waals surface area contributed by atoms with Gasteiger partial charge < -0.3 is 10.1 Å². The summed E-state index contributed by atoms with van der Waals surface area (Å²) in [4.78, 5) is 4.17. The second-order valence-electron chi connectivity index (χ2n) is 4.39. The van der Waals surface area contributed by atoms with Gasteiger partial charge in [-0.1, -0.05) is 6.07 Å². The molecule has 1 N–H and O–H groups in total. The zero-order chi connectivity index (χ0) is 14.6. The summed E-state index contributed by atoms with van der Waals surface area (Å²) in [6.07, 6.45) is -3.27. The van der Waals surface area contributed by atoms with E-state index in [1.165, 1.54) is 0 Å². The standard InChI is InChI=1S/C14H15F3N2O/c1-20-11-4-3-10-5-8-19-13(12(10)9-11)18-7-2-6-14(15,16)17/h3-5,8-9H,2,6-7H2,1H3,(H,18,19). The van der Waals surface area contributed by atoms with Gasteiger partial charge >= 0.3 is 6.18 Å². The SMILES string of the molecule is COc1ccc2ccnc(NCCCC(F)(F)F)c2c1. The highest BCUT2D eigenvalue weighted by molar-refractivity contribution is 5.92. The number of ether oxygens (including phenoxy) is 1. The van der Waals surface area contributed by atoms with Crippen molar-refractivity contribution in [2.75, 3.05) is 19.0 Å². The molecule has 0 bridgehead atoms. The fourth-order valence-electron chi connectivity index (χ4n) is 1.91. The summed E-state index contributed by atoms with van der Waals surface area (Å²) in [5.41, 5.74) is 0. The molecule has 3 nitrogen and oxygen atoms in total. The van der Waals surface area contributed by atoms with Crippen LogP contribution < -0.4 is 10.1 Å². The lowest BCUT2D eigenvalue weighted by Gasteiger charge is -2.10. The number of nitrogens with zero attached hydrogens (tertiary/aromatic N) is 1. The number of hydrogen-bond donors (Lipinski definition) is 1. The minimum atomic E-state index is -4.11. The fourth-order valence-corrected chi connectivity index (χ4v) is 1.91. The number of aromatic nitrogens is 1. The molecule has 0 unspecified atom stereocenters. The van der Waals surface area contributed by atoms with Crippen molar-refractivity contribution in [1.29, 1.82) is 0 Å². The molecule has 2 aromatic rings. The van der Waals surface area contributed by atoms with Gasteiger partial charge in [0.15, 0.2) is 0 Å². The van der Waals surface area contributed by atoms with E-state index < -0.39 is 12.6 Å². The van der Waals surface area contributed by atoms with Crippen LogP contribution in [-0.4, -0.2) is 24.8 Å². The maximum atomic E-state index is 12.1. The Morgan fingerprint density at radius 1 is 1.25 bits per heavy atom. The average Bonchev–Trinajstić information content (AvgIpc) is 2.42. The van der Waals surface area contributed by atoms with E-state index in [0.717, 1.165) is 10.8 Å². The summed E-state index contributed by atoms with van der Waals surface area (Å²) >= 11 is 0. The number of pyridine rings is 1. The number of nitrogens with one attached hydrogen (secondary N) is 1. The lowest BCUT2D eigenvalue weighted by atomic mass is 10.1. The van der Waals surface area contributed by atoms with Crippen LogP contribution in [0.25, 0.3) is 10.8 Å². The van der Waals surface area contributed by atoms with E-state index in [2.05, 4.69) is 10.3 Å². The summed E-state index contributed by atoms with van der Waals surface area (Å²) in [6.45, 7) is 0.225. The predicted octanol–water partition coefficient (Wildman–Crippen LogP) is 4.00. The predicted molar refractivity (Wildman–Crippen MR) is 72.1 cm³/mol. The Morgan fingerprint density at radius 3 is 2.75 bits per heavy atom. The number of rotatable bonds is 5. The second kappa shape index (κ2) is 5.98. The van der Waals surface area contributed by atoms with E-state index >= 15 is 0 Å². The molecule has 0 amide bonds. The van der Waals surface area contributed by atoms with E-state index in [0.29, 0.717) is 11.6 Å². The fraction of sp³-hybridized carbons (Fsp3) is 0.357. The summed E-state index contributed by atoms with van der Waals surface area (Å²) in [6, 6.07) is 7.37. The van der Waals surface area contributed by atoms with Crippen LogP contribution in [0.1, 0.15) is 12.8 Å². The molecule has 0 saturated heterocycles. The largest absolute Gasteiger partial charge is 0.497 e. The number of anilines is 1. The number of alkyl halides is 3. The van der Waals surface area contributed by atoms with Gasteiger partial charge in [0.1, 0.15) is 11.6 Å². The number of fused-ring (bicyclic) bond motifs is 1. The zero-order valence-corrected chi connectivity index (χ0v) is 11.0. The van der Waals surface area contributed by atoms with Crippen LogP contribution in [0, 0.1) is 0 Å². The molecule has 0 aliphatic heterocycles. The molecule has 1 aromatic carbocycles. The number of halogens is 3. The summed E-state index contributed by atoms with van der Waals surface area (Å²) in [7, 11) is 1.56. The van der Waals surface area contributed by atoms with Gasteiger partial charge in [-0.3, -0.25) is 0 Å². The maximum Gasteiger partial charge on any atom is 0.389 e. The Hall–Kier alpha value is -1.98. The van der Waals surface area contributed by atoms with Crippen molar-refractivity contribution in [3.8, 4) is 5.75 Å². The number of hydrogen-bond acceptors (Lipinski definition) is 3. The summed E-state index contributed by atoms with van der Waals surface area (Å²) in [5, 5.41) is 4.73. The minimum absolute atomic E-state index is 0.0194. The Morgan fingerprint density at radius 2 is 2.05 bits per heavy atom. The van der Waals surface area contributed by atoms with E-state index in [1.54, 1.807) is 13.3 Å². The highest BCUT2D eigenvalue weighted by Gasteiger charge is 2.25. The van der Waals surface area contributed by atoms with Gasteiger partial charge in [-0.25, -0.2) is 4.98 Å². The van der Waals surface area contributed by atoms with Crippen LogP contribution in [0.4, 0.5) is 19.0 Å².